The van der Waals surface area contributed by atoms with Crippen molar-refractivity contribution < 1.29 is 9.53 Å². The van der Waals surface area contributed by atoms with Crippen LogP contribution in [0.3, 0.4) is 0 Å². The summed E-state index contributed by atoms with van der Waals surface area (Å²) in [5, 5.41) is 2.84. The number of aryl methyl sites for hydroxylation is 2. The minimum absolute atomic E-state index is 0.0176. The average molecular weight is 304 g/mol. The molecule has 2 heterocycles. The van der Waals surface area contributed by atoms with Gasteiger partial charge < -0.3 is 15.0 Å². The van der Waals surface area contributed by atoms with Crippen LogP contribution in [-0.4, -0.2) is 48.2 Å². The standard InChI is InChI=1S/C16H24N4O2/c1-11-18-15-6-4-3-5-14(15)16(19-11)20-7-8-22-13(10-20)9-17-12(2)21/h13H,3-10H2,1-2H3,(H,17,21). The highest BCUT2D eigenvalue weighted by Crippen LogP contribution is 2.28. The highest BCUT2D eigenvalue weighted by atomic mass is 16.5. The molecule has 1 atom stereocenters. The maximum absolute atomic E-state index is 11.1. The normalized spacial score (nSPS) is 21.4. The van der Waals surface area contributed by atoms with Gasteiger partial charge in [0.1, 0.15) is 11.6 Å². The molecule has 1 aromatic heterocycles. The molecule has 1 saturated heterocycles. The van der Waals surface area contributed by atoms with Gasteiger partial charge in [0.2, 0.25) is 5.91 Å². The van der Waals surface area contributed by atoms with E-state index in [-0.39, 0.29) is 12.0 Å². The maximum Gasteiger partial charge on any atom is 0.216 e. The van der Waals surface area contributed by atoms with Gasteiger partial charge in [-0.2, -0.15) is 0 Å². The molecule has 1 unspecified atom stereocenters. The van der Waals surface area contributed by atoms with Crippen LogP contribution in [0.2, 0.25) is 0 Å². The van der Waals surface area contributed by atoms with Gasteiger partial charge in [0.15, 0.2) is 0 Å². The van der Waals surface area contributed by atoms with E-state index in [1.165, 1.54) is 31.0 Å². The molecule has 0 bridgehead atoms. The Kier molecular flexibility index (Phi) is 4.57. The van der Waals surface area contributed by atoms with Gasteiger partial charge in [-0.15, -0.1) is 0 Å². The van der Waals surface area contributed by atoms with Crippen molar-refractivity contribution in [1.29, 1.82) is 0 Å². The first-order valence-corrected chi connectivity index (χ1v) is 8.11. The van der Waals surface area contributed by atoms with Gasteiger partial charge in [0, 0.05) is 37.8 Å². The number of hydrogen-bond acceptors (Lipinski definition) is 5. The van der Waals surface area contributed by atoms with Gasteiger partial charge in [-0.3, -0.25) is 4.79 Å². The molecule has 120 valence electrons. The number of fused-ring (bicyclic) bond motifs is 1. The molecule has 6 nitrogen and oxygen atoms in total. The van der Waals surface area contributed by atoms with Crippen molar-refractivity contribution in [3.05, 3.63) is 17.1 Å². The SMILES string of the molecule is CC(=O)NCC1CN(c2nc(C)nc3c2CCCC3)CCO1. The summed E-state index contributed by atoms with van der Waals surface area (Å²) < 4.78 is 5.75. The molecule has 2 aliphatic rings. The Morgan fingerprint density at radius 3 is 3.00 bits per heavy atom. The van der Waals surface area contributed by atoms with E-state index in [0.29, 0.717) is 13.2 Å². The summed E-state index contributed by atoms with van der Waals surface area (Å²) >= 11 is 0. The lowest BCUT2D eigenvalue weighted by atomic mass is 9.96. The van der Waals surface area contributed by atoms with E-state index in [1.54, 1.807) is 0 Å². The fraction of sp³-hybridized carbons (Fsp3) is 0.688. The quantitative estimate of drug-likeness (QED) is 0.902. The first-order chi connectivity index (χ1) is 10.6. The predicted molar refractivity (Wildman–Crippen MR) is 84.0 cm³/mol. The number of nitrogens with one attached hydrogen (secondary N) is 1. The maximum atomic E-state index is 11.1. The van der Waals surface area contributed by atoms with Gasteiger partial charge in [-0.25, -0.2) is 9.97 Å². The fourth-order valence-corrected chi connectivity index (χ4v) is 3.25. The Hall–Kier alpha value is -1.69. The van der Waals surface area contributed by atoms with Gasteiger partial charge in [0.05, 0.1) is 12.7 Å². The van der Waals surface area contributed by atoms with Gasteiger partial charge in [0.25, 0.3) is 0 Å². The minimum atomic E-state index is -0.0176. The summed E-state index contributed by atoms with van der Waals surface area (Å²) in [5.74, 6) is 1.91. The Morgan fingerprint density at radius 1 is 1.36 bits per heavy atom. The minimum Gasteiger partial charge on any atom is -0.373 e. The van der Waals surface area contributed by atoms with E-state index in [4.69, 9.17) is 9.72 Å². The number of nitrogens with zero attached hydrogens (tertiary/aromatic N) is 3. The van der Waals surface area contributed by atoms with Crippen LogP contribution >= 0.6 is 0 Å². The van der Waals surface area contributed by atoms with Crippen LogP contribution in [0.25, 0.3) is 0 Å². The molecule has 0 aromatic carbocycles. The van der Waals surface area contributed by atoms with E-state index in [1.807, 2.05) is 6.92 Å². The lowest BCUT2D eigenvalue weighted by Crippen LogP contribution is -2.48. The molecule has 1 amide bonds. The molecule has 0 radical (unpaired) electrons. The van der Waals surface area contributed by atoms with E-state index in [9.17, 15) is 4.79 Å². The summed E-state index contributed by atoms with van der Waals surface area (Å²) in [6.45, 7) is 6.33. The summed E-state index contributed by atoms with van der Waals surface area (Å²) in [4.78, 5) is 22.7. The zero-order chi connectivity index (χ0) is 15.5. The van der Waals surface area contributed by atoms with Gasteiger partial charge >= 0.3 is 0 Å². The Bertz CT molecular complexity index is 561. The third-order valence-corrected chi connectivity index (χ3v) is 4.29. The van der Waals surface area contributed by atoms with Crippen LogP contribution in [-0.2, 0) is 22.4 Å². The molecule has 22 heavy (non-hydrogen) atoms. The van der Waals surface area contributed by atoms with Gasteiger partial charge in [-0.05, 0) is 32.6 Å². The van der Waals surface area contributed by atoms with Crippen molar-refractivity contribution in [1.82, 2.24) is 15.3 Å². The summed E-state index contributed by atoms with van der Waals surface area (Å²) in [6.07, 6.45) is 4.58. The highest BCUT2D eigenvalue weighted by molar-refractivity contribution is 5.72. The molecular formula is C16H24N4O2. The smallest absolute Gasteiger partial charge is 0.216 e. The van der Waals surface area contributed by atoms with Crippen LogP contribution in [0.1, 0.15) is 36.8 Å². The molecule has 0 saturated carbocycles. The third-order valence-electron chi connectivity index (χ3n) is 4.29. The number of amides is 1. The Morgan fingerprint density at radius 2 is 2.18 bits per heavy atom. The van der Waals surface area contributed by atoms with Crippen LogP contribution < -0.4 is 10.2 Å². The lowest BCUT2D eigenvalue weighted by Gasteiger charge is -2.35. The molecule has 1 aliphatic carbocycles. The number of ether oxygens (including phenoxy) is 1. The van der Waals surface area contributed by atoms with Crippen LogP contribution in [0.15, 0.2) is 0 Å². The summed E-state index contributed by atoms with van der Waals surface area (Å²) in [5.41, 5.74) is 2.54. The lowest BCUT2D eigenvalue weighted by molar-refractivity contribution is -0.119. The second-order valence-corrected chi connectivity index (χ2v) is 6.10. The average Bonchev–Trinajstić information content (AvgIpc) is 2.52. The van der Waals surface area contributed by atoms with E-state index in [2.05, 4.69) is 15.2 Å². The monoisotopic (exact) mass is 304 g/mol. The number of rotatable bonds is 3. The fourth-order valence-electron chi connectivity index (χ4n) is 3.25. The van der Waals surface area contributed by atoms with Crippen molar-refractivity contribution in [3.63, 3.8) is 0 Å². The Labute approximate surface area is 131 Å². The number of hydrogen-bond donors (Lipinski definition) is 1. The van der Waals surface area contributed by atoms with Crippen molar-refractivity contribution in [2.75, 3.05) is 31.1 Å². The molecule has 1 aromatic rings. The first kappa shape index (κ1) is 15.2. The van der Waals surface area contributed by atoms with E-state index in [0.717, 1.165) is 37.6 Å². The third kappa shape index (κ3) is 3.38. The topological polar surface area (TPSA) is 67.4 Å². The number of aromatic nitrogens is 2. The largest absolute Gasteiger partial charge is 0.373 e. The van der Waals surface area contributed by atoms with E-state index < -0.39 is 0 Å². The summed E-state index contributed by atoms with van der Waals surface area (Å²) in [7, 11) is 0. The number of morpholine rings is 1. The second-order valence-electron chi connectivity index (χ2n) is 6.10. The molecule has 1 fully saturated rings. The van der Waals surface area contributed by atoms with Crippen LogP contribution in [0.5, 0.6) is 0 Å². The molecular weight excluding hydrogens is 280 g/mol. The van der Waals surface area contributed by atoms with Crippen molar-refractivity contribution in [2.24, 2.45) is 0 Å². The van der Waals surface area contributed by atoms with Crippen LogP contribution in [0.4, 0.5) is 5.82 Å². The van der Waals surface area contributed by atoms with Crippen molar-refractivity contribution in [2.45, 2.75) is 45.6 Å². The molecule has 1 aliphatic heterocycles. The second kappa shape index (κ2) is 6.60. The number of carbonyl (C=O) groups is 1. The highest BCUT2D eigenvalue weighted by Gasteiger charge is 2.26. The van der Waals surface area contributed by atoms with Crippen molar-refractivity contribution in [3.8, 4) is 0 Å². The zero-order valence-corrected chi connectivity index (χ0v) is 13.4. The molecule has 6 heteroatoms. The number of carbonyl (C=O) groups excluding carboxylic acids is 1. The first-order valence-electron chi connectivity index (χ1n) is 8.11. The zero-order valence-electron chi connectivity index (χ0n) is 13.4. The van der Waals surface area contributed by atoms with E-state index >= 15 is 0 Å². The van der Waals surface area contributed by atoms with Crippen molar-refractivity contribution >= 4 is 11.7 Å². The van der Waals surface area contributed by atoms with Crippen LogP contribution in [0, 0.1) is 6.92 Å². The Balaban J connectivity index is 1.78. The molecule has 0 spiro atoms. The molecule has 3 rings (SSSR count). The predicted octanol–water partition coefficient (Wildman–Crippen LogP) is 1.01. The number of anilines is 1. The molecule has 1 N–H and O–H groups in total. The van der Waals surface area contributed by atoms with Gasteiger partial charge in [-0.1, -0.05) is 0 Å². The summed E-state index contributed by atoms with van der Waals surface area (Å²) in [6, 6.07) is 0.